The van der Waals surface area contributed by atoms with Crippen LogP contribution in [0.3, 0.4) is 0 Å². The van der Waals surface area contributed by atoms with Gasteiger partial charge in [-0.1, -0.05) is 172 Å². The Morgan fingerprint density at radius 1 is 0.322 bits per heavy atom. The number of furan rings is 4. The maximum Gasteiger partial charge on any atom is 0.227 e. The number of rotatable bonds is 16. The van der Waals surface area contributed by atoms with E-state index in [2.05, 4.69) is 355 Å². The van der Waals surface area contributed by atoms with E-state index in [1.54, 1.807) is 0 Å². The van der Waals surface area contributed by atoms with Crippen LogP contribution < -0.4 is 18.3 Å². The second kappa shape index (κ2) is 34.3. The summed E-state index contributed by atoms with van der Waals surface area (Å²) >= 11 is 0. The minimum Gasteiger partial charge on any atom is -0.437 e. The molecule has 12 nitrogen and oxygen atoms in total. The molecule has 1 aliphatic carbocycles. The molecule has 0 amide bonds. The fourth-order valence-corrected chi connectivity index (χ4v) is 17.7. The molecule has 1 fully saturated rings. The van der Waals surface area contributed by atoms with Gasteiger partial charge in [0.2, 0.25) is 45.6 Å². The Hall–Kier alpha value is -10.7. The van der Waals surface area contributed by atoms with Crippen molar-refractivity contribution in [1.82, 2.24) is 19.9 Å². The number of fused-ring (bicyclic) bond motifs is 12. The third-order valence-corrected chi connectivity index (χ3v) is 23.2. The average Bonchev–Trinajstić information content (AvgIpc) is 1.61. The third-order valence-electron chi connectivity index (χ3n) is 23.2. The predicted molar refractivity (Wildman–Crippen MR) is 487 cm³/mol. The zero-order chi connectivity index (χ0) is 84.1. The summed E-state index contributed by atoms with van der Waals surface area (Å²) in [6, 6.07) is 52.7. The van der Waals surface area contributed by atoms with Crippen molar-refractivity contribution in [3.8, 4) is 45.0 Å². The van der Waals surface area contributed by atoms with Gasteiger partial charge in [-0.25, -0.2) is 38.2 Å². The molecule has 118 heavy (non-hydrogen) atoms. The van der Waals surface area contributed by atoms with Crippen LogP contribution in [0.4, 0.5) is 0 Å². The fourth-order valence-electron chi connectivity index (χ4n) is 17.7. The summed E-state index contributed by atoms with van der Waals surface area (Å²) in [5, 5.41) is 8.92. The zero-order valence-electron chi connectivity index (χ0n) is 74.9. The van der Waals surface area contributed by atoms with Crippen LogP contribution in [0.5, 0.6) is 0 Å². The Kier molecular flexibility index (Phi) is 24.4. The molecule has 0 atom stereocenters. The smallest absolute Gasteiger partial charge is 0.227 e. The molecule has 17 rings (SSSR count). The van der Waals surface area contributed by atoms with Gasteiger partial charge in [-0.3, -0.25) is 0 Å². The molecule has 1 saturated carbocycles. The van der Waals surface area contributed by atoms with Crippen molar-refractivity contribution in [3.63, 3.8) is 0 Å². The van der Waals surface area contributed by atoms with Crippen LogP contribution in [0.25, 0.3) is 133 Å². The minimum absolute atomic E-state index is 0.00933. The summed E-state index contributed by atoms with van der Waals surface area (Å²) in [6.45, 7) is 44.4. The van der Waals surface area contributed by atoms with Gasteiger partial charge in [-0.05, 0) is 209 Å². The molecule has 12 heteroatoms. The van der Waals surface area contributed by atoms with E-state index in [0.717, 1.165) is 166 Å². The Morgan fingerprint density at radius 2 is 0.610 bits per heavy atom. The summed E-state index contributed by atoms with van der Waals surface area (Å²) in [4.78, 5) is 19.5. The van der Waals surface area contributed by atoms with Gasteiger partial charge in [-0.2, -0.15) is 0 Å². The minimum atomic E-state index is -0.00933. The fraction of sp³-hybridized carbons (Fsp3) is 0.396. The molecule has 0 bridgehead atoms. The van der Waals surface area contributed by atoms with Gasteiger partial charge in [-0.15, -0.1) is 0 Å². The Balaban J connectivity index is 0.000000129. The van der Waals surface area contributed by atoms with E-state index in [1.165, 1.54) is 98.5 Å². The van der Waals surface area contributed by atoms with Gasteiger partial charge in [0.1, 0.15) is 28.2 Å². The van der Waals surface area contributed by atoms with Gasteiger partial charge in [0.05, 0.1) is 22.3 Å². The van der Waals surface area contributed by atoms with Crippen molar-refractivity contribution in [2.24, 2.45) is 63.2 Å². The Morgan fingerprint density at radius 3 is 0.924 bits per heavy atom. The molecule has 0 unspecified atom stereocenters. The highest BCUT2D eigenvalue weighted by molar-refractivity contribution is 6.12. The third kappa shape index (κ3) is 18.1. The SMILES string of the molecule is Cc1ccc2c(oc3nc(C(C)(C)C)ccc32)c1-c1ccc(CC(C)C)c[n+]1C.Cc1ccc2c(oc3nc(C4CCCC4)ccc32)c1-c1ccc(CC(C)C)c[n+]1C.Cc1ccc2c(oc3nc(CC(C)(C)C)ccc32)c1-c1ccc(CC(C)C)c[n+]1C.Cc1ccc2c(oc3nc(CC(C)C)ccc32)c1-c1ccc(CC(C)C)c[n+]1C. The molecule has 0 N–H and O–H groups in total. The van der Waals surface area contributed by atoms with Crippen molar-refractivity contribution in [2.75, 3.05) is 0 Å². The molecule has 4 aromatic carbocycles. The van der Waals surface area contributed by atoms with E-state index in [-0.39, 0.29) is 10.8 Å². The summed E-state index contributed by atoms with van der Waals surface area (Å²) in [5.74, 6) is 3.75. The standard InChI is InChI=1S/C27H31N2O.C27H33N2O.2C26H31N2O/c1-17(2)15-19-10-14-24(29(4)16-19)25-18(3)9-11-21-22-12-13-23(20-7-5-6-8-20)28-27(22)30-26(21)25;1-17(2)14-19-9-13-23(29(7)16-19)24-18(3)8-11-21-22-12-10-20(15-27(4,5)6)28-26(22)30-25(21)24;1-16(2)14-18-9-12-21(28(7)15-18)23-17(3)8-10-19-20-11-13-22(26(4,5)6)27-25(20)29-24(19)23;1-16(2)13-19-8-12-23(28(6)15-19)24-18(5)7-10-21-22-11-9-20(14-17(3)4)27-26(22)29-25(21)24/h9-14,16-17,20H,5-8,15H2,1-4H3;8-13,16-17H,14-15H2,1-7H3;8-13,15-16H,14H2,1-7H3;7-12,15-17H,13-14H2,1-6H3/q4*+1. The normalized spacial score (nSPS) is 13.0. The molecule has 0 spiro atoms. The summed E-state index contributed by atoms with van der Waals surface area (Å²) in [6.07, 6.45) is 20.4. The molecule has 610 valence electrons. The van der Waals surface area contributed by atoms with Crippen molar-refractivity contribution in [3.05, 3.63) is 238 Å². The lowest BCUT2D eigenvalue weighted by atomic mass is 9.90. The zero-order valence-corrected chi connectivity index (χ0v) is 74.9. The van der Waals surface area contributed by atoms with E-state index in [1.807, 2.05) is 0 Å². The van der Waals surface area contributed by atoms with Crippen LogP contribution in [0.15, 0.2) is 188 Å². The van der Waals surface area contributed by atoms with Crippen LogP contribution in [0.2, 0.25) is 0 Å². The number of hydrogen-bond acceptors (Lipinski definition) is 8. The first-order chi connectivity index (χ1) is 56.1. The molecule has 12 heterocycles. The van der Waals surface area contributed by atoms with Crippen LogP contribution in [-0.4, -0.2) is 19.9 Å². The van der Waals surface area contributed by atoms with E-state index in [4.69, 9.17) is 37.6 Å². The second-order valence-corrected chi connectivity index (χ2v) is 38.5. The van der Waals surface area contributed by atoms with Crippen LogP contribution in [-0.2, 0) is 72.1 Å². The number of pyridine rings is 8. The molecular formula is C106H126N8O4+4. The van der Waals surface area contributed by atoms with E-state index in [9.17, 15) is 0 Å². The quantitative estimate of drug-likeness (QED) is 0.0878. The van der Waals surface area contributed by atoms with Crippen molar-refractivity contribution >= 4 is 88.3 Å². The number of hydrogen-bond donors (Lipinski definition) is 0. The lowest BCUT2D eigenvalue weighted by Crippen LogP contribution is -2.31. The van der Waals surface area contributed by atoms with Gasteiger partial charge < -0.3 is 17.7 Å². The summed E-state index contributed by atoms with van der Waals surface area (Å²) < 4.78 is 34.5. The van der Waals surface area contributed by atoms with E-state index >= 15 is 0 Å². The Bertz CT molecular complexity index is 6390. The predicted octanol–water partition coefficient (Wildman–Crippen LogP) is 25.7. The average molecular weight is 1580 g/mol. The van der Waals surface area contributed by atoms with Crippen molar-refractivity contribution in [2.45, 2.75) is 214 Å². The highest BCUT2D eigenvalue weighted by atomic mass is 16.4. The van der Waals surface area contributed by atoms with Gasteiger partial charge >= 0.3 is 0 Å². The number of nitrogens with zero attached hydrogens (tertiary/aromatic N) is 8. The second-order valence-electron chi connectivity index (χ2n) is 38.5. The molecule has 0 aliphatic heterocycles. The van der Waals surface area contributed by atoms with Gasteiger partial charge in [0.15, 0.2) is 47.1 Å². The molecule has 0 saturated heterocycles. The first-order valence-corrected chi connectivity index (χ1v) is 43.4. The number of aromatic nitrogens is 8. The van der Waals surface area contributed by atoms with Gasteiger partial charge in [0, 0.05) is 124 Å². The highest BCUT2D eigenvalue weighted by Gasteiger charge is 2.29. The summed E-state index contributed by atoms with van der Waals surface area (Å²) in [7, 11) is 8.51. The van der Waals surface area contributed by atoms with E-state index < -0.39 is 0 Å². The number of aryl methyl sites for hydroxylation is 8. The molecule has 0 radical (unpaired) electrons. The van der Waals surface area contributed by atoms with E-state index in [0.29, 0.717) is 35.5 Å². The molecule has 1 aliphatic rings. The van der Waals surface area contributed by atoms with Crippen LogP contribution >= 0.6 is 0 Å². The maximum atomic E-state index is 6.44. The van der Waals surface area contributed by atoms with Crippen molar-refractivity contribution in [1.29, 1.82) is 0 Å². The first kappa shape index (κ1) is 83.8. The highest BCUT2D eigenvalue weighted by Crippen LogP contribution is 2.43. The monoisotopic (exact) mass is 1570 g/mol. The largest absolute Gasteiger partial charge is 0.437 e. The van der Waals surface area contributed by atoms with Crippen LogP contribution in [0, 0.1) is 62.7 Å². The lowest BCUT2D eigenvalue weighted by molar-refractivity contribution is -0.660. The van der Waals surface area contributed by atoms with Crippen molar-refractivity contribution < 1.29 is 35.9 Å². The first-order valence-electron chi connectivity index (χ1n) is 43.4. The lowest BCUT2D eigenvalue weighted by Gasteiger charge is -2.16. The van der Waals surface area contributed by atoms with Crippen LogP contribution in [0.1, 0.15) is 210 Å². The number of benzene rings is 4. The summed E-state index contributed by atoms with van der Waals surface area (Å²) in [5.41, 5.74) is 30.9. The molecule has 16 aromatic rings. The molecular weight excluding hydrogens is 1450 g/mol. The Labute approximate surface area is 699 Å². The topological polar surface area (TPSA) is 120 Å². The molecule has 12 aromatic heterocycles. The maximum absolute atomic E-state index is 6.44. The van der Waals surface area contributed by atoms with Gasteiger partial charge in [0.25, 0.3) is 0 Å².